The van der Waals surface area contributed by atoms with Crippen molar-refractivity contribution in [3.8, 4) is 0 Å². The Morgan fingerprint density at radius 3 is 0.649 bits per heavy atom. The Kier molecular flexibility index (Phi) is 65.1. The normalized spacial score (nSPS) is 12.0. The second-order valence-electron chi connectivity index (χ2n) is 24.2. The number of ether oxygens (including phenoxy) is 3. The van der Waals surface area contributed by atoms with Crippen molar-refractivity contribution in [3.63, 3.8) is 0 Å². The molecule has 0 fully saturated rings. The molecule has 6 heteroatoms. The molecule has 0 aromatic rings. The average molecular weight is 1090 g/mol. The Bertz CT molecular complexity index is 1200. The molecule has 0 aliphatic rings. The first-order valence-corrected chi connectivity index (χ1v) is 35.2. The third-order valence-corrected chi connectivity index (χ3v) is 16.3. The van der Waals surface area contributed by atoms with Gasteiger partial charge in [-0.15, -0.1) is 0 Å². The fraction of sp³-hybridized carbons (Fsp3) is 0.930. The first kappa shape index (κ1) is 75.2. The Morgan fingerprint density at radius 2 is 0.429 bits per heavy atom. The number of rotatable bonds is 66. The van der Waals surface area contributed by atoms with Crippen molar-refractivity contribution in [2.75, 3.05) is 13.2 Å². The Labute approximate surface area is 481 Å². The molecule has 0 aliphatic heterocycles. The second-order valence-corrected chi connectivity index (χ2v) is 24.2. The van der Waals surface area contributed by atoms with Crippen molar-refractivity contribution in [1.82, 2.24) is 0 Å². The summed E-state index contributed by atoms with van der Waals surface area (Å²) >= 11 is 0. The van der Waals surface area contributed by atoms with E-state index in [1.165, 1.54) is 308 Å². The zero-order chi connectivity index (χ0) is 55.7. The number of allylic oxidation sites excluding steroid dienone is 2. The number of hydrogen-bond donors (Lipinski definition) is 0. The number of unbranched alkanes of at least 4 members (excludes halogenated alkanes) is 53. The van der Waals surface area contributed by atoms with E-state index in [-0.39, 0.29) is 31.1 Å². The van der Waals surface area contributed by atoms with Gasteiger partial charge in [-0.2, -0.15) is 0 Å². The van der Waals surface area contributed by atoms with Gasteiger partial charge in [0.15, 0.2) is 6.10 Å². The van der Waals surface area contributed by atoms with Gasteiger partial charge in [-0.25, -0.2) is 0 Å². The summed E-state index contributed by atoms with van der Waals surface area (Å²) in [5, 5.41) is 0. The molecule has 0 aromatic carbocycles. The zero-order valence-electron chi connectivity index (χ0n) is 52.5. The van der Waals surface area contributed by atoms with Crippen LogP contribution >= 0.6 is 0 Å². The number of carbonyl (C=O) groups excluding carboxylic acids is 3. The fourth-order valence-corrected chi connectivity index (χ4v) is 11.0. The molecule has 0 radical (unpaired) electrons. The molecule has 0 aliphatic carbocycles. The zero-order valence-corrected chi connectivity index (χ0v) is 52.5. The molecule has 1 unspecified atom stereocenters. The van der Waals surface area contributed by atoms with E-state index in [2.05, 4.69) is 32.9 Å². The van der Waals surface area contributed by atoms with Gasteiger partial charge < -0.3 is 14.2 Å². The van der Waals surface area contributed by atoms with Gasteiger partial charge in [0.05, 0.1) is 0 Å². The molecule has 0 saturated heterocycles. The lowest BCUT2D eigenvalue weighted by Crippen LogP contribution is -2.30. The minimum Gasteiger partial charge on any atom is -0.462 e. The maximum Gasteiger partial charge on any atom is 0.306 e. The molecule has 0 amide bonds. The van der Waals surface area contributed by atoms with Crippen LogP contribution in [0, 0.1) is 0 Å². The van der Waals surface area contributed by atoms with Gasteiger partial charge in [-0.3, -0.25) is 14.4 Å². The van der Waals surface area contributed by atoms with Crippen LogP contribution in [0.1, 0.15) is 406 Å². The molecule has 77 heavy (non-hydrogen) atoms. The lowest BCUT2D eigenvalue weighted by Gasteiger charge is -2.18. The smallest absolute Gasteiger partial charge is 0.306 e. The number of carbonyl (C=O) groups is 3. The number of esters is 3. The molecular weight excluding hydrogens is 949 g/mol. The summed E-state index contributed by atoms with van der Waals surface area (Å²) < 4.78 is 17.0. The van der Waals surface area contributed by atoms with Crippen molar-refractivity contribution < 1.29 is 28.6 Å². The first-order valence-electron chi connectivity index (χ1n) is 35.2. The highest BCUT2D eigenvalue weighted by atomic mass is 16.6. The maximum absolute atomic E-state index is 12.9. The van der Waals surface area contributed by atoms with Gasteiger partial charge >= 0.3 is 17.9 Å². The Morgan fingerprint density at radius 1 is 0.247 bits per heavy atom. The van der Waals surface area contributed by atoms with E-state index < -0.39 is 6.10 Å². The molecule has 456 valence electrons. The monoisotopic (exact) mass is 1090 g/mol. The fourth-order valence-electron chi connectivity index (χ4n) is 11.0. The predicted molar refractivity (Wildman–Crippen MR) is 335 cm³/mol. The van der Waals surface area contributed by atoms with Gasteiger partial charge in [0.1, 0.15) is 13.2 Å². The summed E-state index contributed by atoms with van der Waals surface area (Å²) in [5.74, 6) is -0.829. The van der Waals surface area contributed by atoms with Crippen LogP contribution < -0.4 is 0 Å². The average Bonchev–Trinajstić information content (AvgIpc) is 3.43. The van der Waals surface area contributed by atoms with E-state index in [1.54, 1.807) is 0 Å². The van der Waals surface area contributed by atoms with E-state index >= 15 is 0 Å². The lowest BCUT2D eigenvalue weighted by atomic mass is 10.0. The quantitative estimate of drug-likeness (QED) is 0.0261. The van der Waals surface area contributed by atoms with Crippen LogP contribution in [0.5, 0.6) is 0 Å². The summed E-state index contributed by atoms with van der Waals surface area (Å²) in [4.78, 5) is 38.3. The first-order chi connectivity index (χ1) is 38.0. The third kappa shape index (κ3) is 64.9. The molecule has 0 rings (SSSR count). The van der Waals surface area contributed by atoms with E-state index in [1.807, 2.05) is 0 Å². The minimum atomic E-state index is -0.765. The minimum absolute atomic E-state index is 0.0629. The number of hydrogen-bond acceptors (Lipinski definition) is 6. The van der Waals surface area contributed by atoms with Crippen molar-refractivity contribution in [1.29, 1.82) is 0 Å². The third-order valence-electron chi connectivity index (χ3n) is 16.3. The van der Waals surface area contributed by atoms with Gasteiger partial charge in [-0.05, 0) is 44.9 Å². The molecule has 0 spiro atoms. The van der Waals surface area contributed by atoms with Crippen molar-refractivity contribution >= 4 is 17.9 Å². The van der Waals surface area contributed by atoms with E-state index in [9.17, 15) is 14.4 Å². The topological polar surface area (TPSA) is 78.9 Å². The van der Waals surface area contributed by atoms with Crippen LogP contribution in [0.15, 0.2) is 12.2 Å². The highest BCUT2D eigenvalue weighted by Crippen LogP contribution is 2.19. The lowest BCUT2D eigenvalue weighted by molar-refractivity contribution is -0.167. The standard InChI is InChI=1S/C71H136O6/c1-4-7-10-13-16-19-22-24-26-28-30-32-34-35-37-38-40-42-44-46-49-52-55-58-61-64-70(73)76-67-68(66-75-69(72)63-60-57-54-51-48-21-18-15-12-9-6-3)77-71(74)65-62-59-56-53-50-47-45-43-41-39-36-33-31-29-27-25-23-20-17-14-11-8-5-2/h28,30,68H,4-27,29,31-67H2,1-3H3/b30-28-. The van der Waals surface area contributed by atoms with Crippen LogP contribution in [-0.2, 0) is 28.6 Å². The molecule has 0 heterocycles. The van der Waals surface area contributed by atoms with Crippen LogP contribution in [0.2, 0.25) is 0 Å². The van der Waals surface area contributed by atoms with E-state index in [0.29, 0.717) is 19.3 Å². The molecule has 1 atom stereocenters. The molecule has 0 aromatic heterocycles. The van der Waals surface area contributed by atoms with Crippen molar-refractivity contribution in [2.24, 2.45) is 0 Å². The summed E-state index contributed by atoms with van der Waals surface area (Å²) in [5.41, 5.74) is 0. The summed E-state index contributed by atoms with van der Waals surface area (Å²) in [7, 11) is 0. The highest BCUT2D eigenvalue weighted by Gasteiger charge is 2.19. The highest BCUT2D eigenvalue weighted by molar-refractivity contribution is 5.71. The Balaban J connectivity index is 4.16. The van der Waals surface area contributed by atoms with Gasteiger partial charge in [-0.1, -0.05) is 354 Å². The SMILES string of the molecule is CCCCCCCCCC/C=C\CCCCCCCCCCCCCCCC(=O)OCC(COC(=O)CCCCCCCCCCCCC)OC(=O)CCCCCCCCCCCCCCCCCCCCCCCCC. The molecule has 0 bridgehead atoms. The Hall–Kier alpha value is -1.85. The second kappa shape index (κ2) is 66.7. The van der Waals surface area contributed by atoms with Crippen LogP contribution in [0.4, 0.5) is 0 Å². The molecular formula is C71H136O6. The van der Waals surface area contributed by atoms with Crippen LogP contribution in [0.3, 0.4) is 0 Å². The van der Waals surface area contributed by atoms with Crippen LogP contribution in [0.25, 0.3) is 0 Å². The molecule has 0 saturated carbocycles. The molecule has 0 N–H and O–H groups in total. The van der Waals surface area contributed by atoms with Gasteiger partial charge in [0, 0.05) is 19.3 Å². The largest absolute Gasteiger partial charge is 0.462 e. The summed E-state index contributed by atoms with van der Waals surface area (Å²) in [6.07, 6.45) is 79.6. The van der Waals surface area contributed by atoms with Crippen LogP contribution in [-0.4, -0.2) is 37.2 Å². The predicted octanol–water partition coefficient (Wildman–Crippen LogP) is 24.0. The van der Waals surface area contributed by atoms with E-state index in [0.717, 1.165) is 57.8 Å². The van der Waals surface area contributed by atoms with Crippen molar-refractivity contribution in [2.45, 2.75) is 412 Å². The van der Waals surface area contributed by atoms with Gasteiger partial charge in [0.25, 0.3) is 0 Å². The van der Waals surface area contributed by atoms with Crippen molar-refractivity contribution in [3.05, 3.63) is 12.2 Å². The maximum atomic E-state index is 12.9. The summed E-state index contributed by atoms with van der Waals surface area (Å²) in [6, 6.07) is 0. The van der Waals surface area contributed by atoms with Gasteiger partial charge in [0.2, 0.25) is 0 Å². The summed E-state index contributed by atoms with van der Waals surface area (Å²) in [6.45, 7) is 6.72. The van der Waals surface area contributed by atoms with E-state index in [4.69, 9.17) is 14.2 Å². The molecule has 6 nitrogen and oxygen atoms in total.